The molecule has 0 fully saturated rings. The van der Waals surface area contributed by atoms with Crippen molar-refractivity contribution in [2.45, 2.75) is 33.1 Å². The van der Waals surface area contributed by atoms with Gasteiger partial charge in [0, 0.05) is 24.3 Å². The van der Waals surface area contributed by atoms with Crippen molar-refractivity contribution in [1.29, 1.82) is 10.7 Å². The van der Waals surface area contributed by atoms with Crippen molar-refractivity contribution < 1.29 is 9.53 Å². The maximum Gasteiger partial charge on any atom is 0.204 e. The quantitative estimate of drug-likeness (QED) is 0.906. The van der Waals surface area contributed by atoms with Crippen molar-refractivity contribution in [2.75, 3.05) is 0 Å². The minimum atomic E-state index is -0.695. The smallest absolute Gasteiger partial charge is 0.204 e. The molecule has 1 aliphatic heterocycles. The molecular weight excluding hydrogens is 288 g/mol. The van der Waals surface area contributed by atoms with Crippen LogP contribution in [0.5, 0.6) is 0 Å². The molecule has 2 unspecified atom stereocenters. The van der Waals surface area contributed by atoms with Crippen LogP contribution in [0.15, 0.2) is 41.7 Å². The first kappa shape index (κ1) is 15.5. The van der Waals surface area contributed by atoms with E-state index in [0.717, 1.165) is 5.56 Å². The Hall–Kier alpha value is -2.41. The number of ether oxygens (including phenoxy) is 1. The number of nitrogens with zero attached hydrogens (tertiary/aromatic N) is 1. The monoisotopic (exact) mass is 308 g/mol. The number of Topliss-reactive ketones (excluding diaryl/α,β-unsaturated/α-hetero) is 1. The fourth-order valence-electron chi connectivity index (χ4n) is 3.56. The van der Waals surface area contributed by atoms with Crippen LogP contribution in [0.25, 0.3) is 0 Å². The van der Waals surface area contributed by atoms with Crippen molar-refractivity contribution in [3.8, 4) is 6.07 Å². The summed E-state index contributed by atoms with van der Waals surface area (Å²) in [6.45, 7) is 4.06. The van der Waals surface area contributed by atoms with Crippen LogP contribution in [-0.2, 0) is 16.0 Å². The molecule has 0 aromatic heterocycles. The van der Waals surface area contributed by atoms with Crippen molar-refractivity contribution >= 4 is 11.7 Å². The molecule has 1 heterocycles. The van der Waals surface area contributed by atoms with E-state index < -0.39 is 5.92 Å². The Morgan fingerprint density at radius 3 is 2.65 bits per heavy atom. The lowest BCUT2D eigenvalue weighted by molar-refractivity contribution is -0.119. The number of allylic oxidation sites excluding steroid dienone is 2. The molecule has 23 heavy (non-hydrogen) atoms. The summed E-state index contributed by atoms with van der Waals surface area (Å²) >= 11 is 0. The zero-order valence-electron chi connectivity index (χ0n) is 13.4. The number of nitriles is 1. The maximum absolute atomic E-state index is 12.7. The topological polar surface area (TPSA) is 73.9 Å². The van der Waals surface area contributed by atoms with Gasteiger partial charge in [0.1, 0.15) is 11.7 Å². The summed E-state index contributed by atoms with van der Waals surface area (Å²) in [5.41, 5.74) is 1.54. The first-order valence-electron chi connectivity index (χ1n) is 7.87. The molecular formula is C19H20N2O2. The van der Waals surface area contributed by atoms with Crippen LogP contribution in [0.3, 0.4) is 0 Å². The number of hydrogen-bond donors (Lipinski definition) is 1. The maximum atomic E-state index is 12.7. The van der Waals surface area contributed by atoms with E-state index in [1.807, 2.05) is 44.2 Å². The number of benzene rings is 1. The van der Waals surface area contributed by atoms with Crippen molar-refractivity contribution in [3.63, 3.8) is 0 Å². The molecule has 0 bridgehead atoms. The third kappa shape index (κ3) is 2.92. The van der Waals surface area contributed by atoms with Gasteiger partial charge in [-0.15, -0.1) is 0 Å². The van der Waals surface area contributed by atoms with Gasteiger partial charge >= 0.3 is 0 Å². The Kier molecular flexibility index (Phi) is 3.81. The second-order valence-corrected chi connectivity index (χ2v) is 7.15. The Morgan fingerprint density at radius 1 is 1.30 bits per heavy atom. The Labute approximate surface area is 136 Å². The minimum Gasteiger partial charge on any atom is -0.446 e. The number of hydrogen-bond acceptors (Lipinski definition) is 4. The molecule has 4 nitrogen and oxygen atoms in total. The highest BCUT2D eigenvalue weighted by molar-refractivity contribution is 6.00. The van der Waals surface area contributed by atoms with Crippen LogP contribution in [0, 0.1) is 34.0 Å². The lowest BCUT2D eigenvalue weighted by Crippen LogP contribution is -2.40. The summed E-state index contributed by atoms with van der Waals surface area (Å²) in [6, 6.07) is 12.0. The first-order chi connectivity index (χ1) is 10.9. The fraction of sp³-hybridized carbons (Fsp3) is 0.421. The summed E-state index contributed by atoms with van der Waals surface area (Å²) in [7, 11) is 0. The fourth-order valence-corrected chi connectivity index (χ4v) is 3.56. The van der Waals surface area contributed by atoms with Gasteiger partial charge in [-0.1, -0.05) is 44.2 Å². The normalized spacial score (nSPS) is 26.3. The predicted octanol–water partition coefficient (Wildman–Crippen LogP) is 3.64. The van der Waals surface area contributed by atoms with Crippen LogP contribution in [0.2, 0.25) is 0 Å². The molecule has 1 aromatic carbocycles. The van der Waals surface area contributed by atoms with E-state index in [1.165, 1.54) is 0 Å². The lowest BCUT2D eigenvalue weighted by atomic mass is 9.69. The summed E-state index contributed by atoms with van der Waals surface area (Å²) in [5.74, 6) is -0.354. The van der Waals surface area contributed by atoms with E-state index >= 15 is 0 Å². The molecule has 0 radical (unpaired) electrons. The highest BCUT2D eigenvalue weighted by atomic mass is 16.5. The standard InChI is InChI=1S/C19H20N2O2/c1-19(2)9-15(22)17-13(8-12-6-4-3-5-7-12)14(11-20)18(21)23-16(17)10-19/h3-7,13-14,21H,8-10H2,1-2H3. The van der Waals surface area contributed by atoms with Crippen LogP contribution < -0.4 is 0 Å². The second kappa shape index (κ2) is 5.66. The molecule has 0 amide bonds. The molecule has 1 aliphatic carbocycles. The summed E-state index contributed by atoms with van der Waals surface area (Å²) in [4.78, 5) is 12.7. The Morgan fingerprint density at radius 2 is 2.00 bits per heavy atom. The first-order valence-corrected chi connectivity index (χ1v) is 7.87. The molecule has 2 atom stereocenters. The van der Waals surface area contributed by atoms with E-state index in [2.05, 4.69) is 6.07 Å². The summed E-state index contributed by atoms with van der Waals surface area (Å²) in [6.07, 6.45) is 1.68. The highest BCUT2D eigenvalue weighted by Crippen LogP contribution is 2.45. The van der Waals surface area contributed by atoms with Gasteiger partial charge in [0.2, 0.25) is 5.90 Å². The lowest BCUT2D eigenvalue weighted by Gasteiger charge is -2.39. The average molecular weight is 308 g/mol. The van der Waals surface area contributed by atoms with E-state index in [9.17, 15) is 10.1 Å². The van der Waals surface area contributed by atoms with Crippen molar-refractivity contribution in [2.24, 2.45) is 17.3 Å². The number of nitrogens with one attached hydrogen (secondary N) is 1. The SMILES string of the molecule is CC1(C)CC(=O)C2=C(C1)OC(=N)C(C#N)C2Cc1ccccc1. The molecule has 3 rings (SSSR count). The molecule has 0 saturated carbocycles. The Balaban J connectivity index is 2.03. The molecule has 1 N–H and O–H groups in total. The molecule has 1 aromatic rings. The molecule has 118 valence electrons. The number of carbonyl (C=O) groups excluding carboxylic acids is 1. The predicted molar refractivity (Wildman–Crippen MR) is 86.6 cm³/mol. The van der Waals surface area contributed by atoms with Gasteiger partial charge in [-0.25, -0.2) is 0 Å². The van der Waals surface area contributed by atoms with Gasteiger partial charge in [-0.2, -0.15) is 5.26 Å². The van der Waals surface area contributed by atoms with E-state index in [0.29, 0.717) is 30.6 Å². The summed E-state index contributed by atoms with van der Waals surface area (Å²) < 4.78 is 5.59. The summed E-state index contributed by atoms with van der Waals surface area (Å²) in [5, 5.41) is 17.6. The van der Waals surface area contributed by atoms with Gasteiger partial charge in [0.05, 0.1) is 6.07 Å². The van der Waals surface area contributed by atoms with Gasteiger partial charge < -0.3 is 4.74 Å². The number of ketones is 1. The van der Waals surface area contributed by atoms with Gasteiger partial charge in [-0.3, -0.25) is 10.2 Å². The van der Waals surface area contributed by atoms with E-state index in [-0.39, 0.29) is 23.0 Å². The molecule has 4 heteroatoms. The average Bonchev–Trinajstić information content (AvgIpc) is 2.46. The molecule has 0 saturated heterocycles. The Bertz CT molecular complexity index is 725. The van der Waals surface area contributed by atoms with Crippen LogP contribution in [0.1, 0.15) is 32.3 Å². The number of rotatable bonds is 2. The molecule has 0 spiro atoms. The largest absolute Gasteiger partial charge is 0.446 e. The van der Waals surface area contributed by atoms with Crippen molar-refractivity contribution in [1.82, 2.24) is 0 Å². The van der Waals surface area contributed by atoms with Crippen LogP contribution in [-0.4, -0.2) is 11.7 Å². The van der Waals surface area contributed by atoms with Gasteiger partial charge in [0.15, 0.2) is 5.78 Å². The van der Waals surface area contributed by atoms with Crippen LogP contribution >= 0.6 is 0 Å². The zero-order chi connectivity index (χ0) is 16.6. The van der Waals surface area contributed by atoms with Crippen LogP contribution in [0.4, 0.5) is 0 Å². The highest BCUT2D eigenvalue weighted by Gasteiger charge is 2.45. The van der Waals surface area contributed by atoms with Gasteiger partial charge in [0.25, 0.3) is 0 Å². The number of carbonyl (C=O) groups is 1. The minimum absolute atomic E-state index is 0.0299. The van der Waals surface area contributed by atoms with Crippen molar-refractivity contribution in [3.05, 3.63) is 47.2 Å². The van der Waals surface area contributed by atoms with Gasteiger partial charge in [-0.05, 0) is 17.4 Å². The molecule has 2 aliphatic rings. The second-order valence-electron chi connectivity index (χ2n) is 7.15. The third-order valence-corrected chi connectivity index (χ3v) is 4.61. The van der Waals surface area contributed by atoms with E-state index in [4.69, 9.17) is 10.1 Å². The third-order valence-electron chi connectivity index (χ3n) is 4.61. The van der Waals surface area contributed by atoms with E-state index in [1.54, 1.807) is 0 Å². The zero-order valence-corrected chi connectivity index (χ0v) is 13.4.